The lowest BCUT2D eigenvalue weighted by Gasteiger charge is -1.99. The van der Waals surface area contributed by atoms with Gasteiger partial charge in [0.1, 0.15) is 4.83 Å². The van der Waals surface area contributed by atoms with Gasteiger partial charge in [-0.2, -0.15) is 0 Å². The quantitative estimate of drug-likeness (QED) is 0.672. The summed E-state index contributed by atoms with van der Waals surface area (Å²) in [6, 6.07) is 4.08. The second kappa shape index (κ2) is 3.00. The third-order valence-corrected chi connectivity index (χ3v) is 3.25. The Labute approximate surface area is 80.8 Å². The Bertz CT molecular complexity index is 453. The SMILES string of the molecule is CCn1c(C=O)cc2cc(C)sc21. The summed E-state index contributed by atoms with van der Waals surface area (Å²) in [5.41, 5.74) is 0.781. The molecule has 0 bridgehead atoms. The van der Waals surface area contributed by atoms with Crippen molar-refractivity contribution in [1.82, 2.24) is 4.57 Å². The third kappa shape index (κ3) is 1.20. The fourth-order valence-electron chi connectivity index (χ4n) is 1.61. The zero-order valence-electron chi connectivity index (χ0n) is 7.70. The van der Waals surface area contributed by atoms with Crippen LogP contribution in [0, 0.1) is 6.92 Å². The molecule has 13 heavy (non-hydrogen) atoms. The van der Waals surface area contributed by atoms with E-state index in [0.29, 0.717) is 0 Å². The molecule has 0 aliphatic rings. The van der Waals surface area contributed by atoms with Gasteiger partial charge in [-0.3, -0.25) is 4.79 Å². The monoisotopic (exact) mass is 193 g/mol. The third-order valence-electron chi connectivity index (χ3n) is 2.16. The number of carbonyl (C=O) groups excluding carboxylic acids is 1. The lowest BCUT2D eigenvalue weighted by molar-refractivity contribution is 0.111. The number of aryl methyl sites for hydroxylation is 2. The fraction of sp³-hybridized carbons (Fsp3) is 0.300. The molecule has 0 unspecified atom stereocenters. The molecule has 0 amide bonds. The Hall–Kier alpha value is -1.09. The molecule has 0 fully saturated rings. The van der Waals surface area contributed by atoms with E-state index in [9.17, 15) is 4.79 Å². The van der Waals surface area contributed by atoms with E-state index in [1.165, 1.54) is 15.1 Å². The maximum Gasteiger partial charge on any atom is 0.166 e. The molecule has 0 N–H and O–H groups in total. The Morgan fingerprint density at radius 3 is 2.92 bits per heavy atom. The van der Waals surface area contributed by atoms with E-state index in [0.717, 1.165) is 18.5 Å². The number of thiophene rings is 1. The minimum atomic E-state index is 0.781. The number of aldehydes is 1. The van der Waals surface area contributed by atoms with Crippen LogP contribution in [0.1, 0.15) is 22.3 Å². The van der Waals surface area contributed by atoms with E-state index < -0.39 is 0 Å². The molecule has 0 aliphatic heterocycles. The highest BCUT2D eigenvalue weighted by Crippen LogP contribution is 2.27. The number of nitrogens with zero attached hydrogens (tertiary/aromatic N) is 1. The second-order valence-electron chi connectivity index (χ2n) is 3.05. The number of hydrogen-bond donors (Lipinski definition) is 0. The molecule has 2 heterocycles. The first-order valence-corrected chi connectivity index (χ1v) is 5.12. The van der Waals surface area contributed by atoms with Crippen molar-refractivity contribution in [2.75, 3.05) is 0 Å². The Morgan fingerprint density at radius 2 is 2.31 bits per heavy atom. The zero-order chi connectivity index (χ0) is 9.42. The summed E-state index contributed by atoms with van der Waals surface area (Å²) >= 11 is 1.74. The first-order valence-electron chi connectivity index (χ1n) is 4.31. The van der Waals surface area contributed by atoms with E-state index in [4.69, 9.17) is 0 Å². The lowest BCUT2D eigenvalue weighted by atomic mass is 10.3. The van der Waals surface area contributed by atoms with Gasteiger partial charge >= 0.3 is 0 Å². The molecule has 0 atom stereocenters. The predicted molar refractivity (Wildman–Crippen MR) is 55.6 cm³/mol. The van der Waals surface area contributed by atoms with Gasteiger partial charge in [-0.05, 0) is 26.0 Å². The van der Waals surface area contributed by atoms with Crippen LogP contribution in [0.25, 0.3) is 10.2 Å². The van der Waals surface area contributed by atoms with Crippen molar-refractivity contribution in [2.24, 2.45) is 0 Å². The molecule has 0 saturated carbocycles. The van der Waals surface area contributed by atoms with Crippen LogP contribution in [-0.4, -0.2) is 10.9 Å². The summed E-state index contributed by atoms with van der Waals surface area (Å²) in [7, 11) is 0. The zero-order valence-corrected chi connectivity index (χ0v) is 8.52. The van der Waals surface area contributed by atoms with Crippen molar-refractivity contribution in [1.29, 1.82) is 0 Å². The predicted octanol–water partition coefficient (Wildman–Crippen LogP) is 2.84. The summed E-state index contributed by atoms with van der Waals surface area (Å²) in [4.78, 5) is 13.2. The molecule has 0 saturated heterocycles. The van der Waals surface area contributed by atoms with Crippen molar-refractivity contribution in [3.63, 3.8) is 0 Å². The average molecular weight is 193 g/mol. The van der Waals surface area contributed by atoms with Crippen LogP contribution in [0.15, 0.2) is 12.1 Å². The van der Waals surface area contributed by atoms with Gasteiger partial charge in [-0.15, -0.1) is 11.3 Å². The topological polar surface area (TPSA) is 22.0 Å². The number of fused-ring (bicyclic) bond motifs is 1. The van der Waals surface area contributed by atoms with Gasteiger partial charge in [0.15, 0.2) is 6.29 Å². The van der Waals surface area contributed by atoms with Gasteiger partial charge < -0.3 is 4.57 Å². The normalized spacial score (nSPS) is 10.9. The summed E-state index contributed by atoms with van der Waals surface area (Å²) in [5, 5.41) is 1.19. The summed E-state index contributed by atoms with van der Waals surface area (Å²) in [6.45, 7) is 5.00. The molecule has 2 aromatic heterocycles. The molecule has 2 aromatic rings. The van der Waals surface area contributed by atoms with Crippen LogP contribution in [0.2, 0.25) is 0 Å². The molecule has 2 nitrogen and oxygen atoms in total. The second-order valence-corrected chi connectivity index (χ2v) is 4.28. The largest absolute Gasteiger partial charge is 0.330 e. The Morgan fingerprint density at radius 1 is 1.54 bits per heavy atom. The number of aromatic nitrogens is 1. The molecule has 0 aliphatic carbocycles. The minimum absolute atomic E-state index is 0.781. The van der Waals surface area contributed by atoms with Gasteiger partial charge in [0.25, 0.3) is 0 Å². The first kappa shape index (κ1) is 8.51. The number of hydrogen-bond acceptors (Lipinski definition) is 2. The van der Waals surface area contributed by atoms with E-state index in [2.05, 4.69) is 24.5 Å². The molecule has 0 aromatic carbocycles. The van der Waals surface area contributed by atoms with E-state index in [-0.39, 0.29) is 0 Å². The lowest BCUT2D eigenvalue weighted by Crippen LogP contribution is -1.97. The summed E-state index contributed by atoms with van der Waals surface area (Å²) in [6.07, 6.45) is 0.922. The van der Waals surface area contributed by atoms with Crippen molar-refractivity contribution in [3.8, 4) is 0 Å². The maximum atomic E-state index is 10.7. The van der Waals surface area contributed by atoms with Gasteiger partial charge in [0, 0.05) is 16.8 Å². The standard InChI is InChI=1S/C10H11NOS/c1-3-11-9(6-12)5-8-4-7(2)13-10(8)11/h4-6H,3H2,1-2H3. The van der Waals surface area contributed by atoms with Crippen LogP contribution in [-0.2, 0) is 6.54 Å². The molecular formula is C10H11NOS. The van der Waals surface area contributed by atoms with Crippen LogP contribution in [0.5, 0.6) is 0 Å². The maximum absolute atomic E-state index is 10.7. The number of rotatable bonds is 2. The highest BCUT2D eigenvalue weighted by atomic mass is 32.1. The average Bonchev–Trinajstić information content (AvgIpc) is 2.59. The first-order chi connectivity index (χ1) is 6.26. The smallest absolute Gasteiger partial charge is 0.166 e. The Balaban J connectivity index is 2.77. The van der Waals surface area contributed by atoms with Gasteiger partial charge in [-0.25, -0.2) is 0 Å². The van der Waals surface area contributed by atoms with E-state index in [1.54, 1.807) is 11.3 Å². The molecule has 2 rings (SSSR count). The minimum Gasteiger partial charge on any atom is -0.330 e. The molecule has 0 spiro atoms. The molecular weight excluding hydrogens is 182 g/mol. The molecule has 68 valence electrons. The van der Waals surface area contributed by atoms with Crippen LogP contribution < -0.4 is 0 Å². The van der Waals surface area contributed by atoms with Gasteiger partial charge in [0.2, 0.25) is 0 Å². The van der Waals surface area contributed by atoms with Gasteiger partial charge in [-0.1, -0.05) is 0 Å². The summed E-state index contributed by atoms with van der Waals surface area (Å²) in [5.74, 6) is 0. The Kier molecular flexibility index (Phi) is 1.96. The van der Waals surface area contributed by atoms with Crippen molar-refractivity contribution in [2.45, 2.75) is 20.4 Å². The number of carbonyl (C=O) groups is 1. The van der Waals surface area contributed by atoms with Crippen LogP contribution >= 0.6 is 11.3 Å². The fourth-order valence-corrected chi connectivity index (χ4v) is 2.69. The van der Waals surface area contributed by atoms with Crippen LogP contribution in [0.4, 0.5) is 0 Å². The van der Waals surface area contributed by atoms with Crippen molar-refractivity contribution < 1.29 is 4.79 Å². The van der Waals surface area contributed by atoms with E-state index in [1.807, 2.05) is 6.07 Å². The summed E-state index contributed by atoms with van der Waals surface area (Å²) < 4.78 is 2.06. The highest BCUT2D eigenvalue weighted by molar-refractivity contribution is 7.18. The van der Waals surface area contributed by atoms with Crippen LogP contribution in [0.3, 0.4) is 0 Å². The molecule has 0 radical (unpaired) electrons. The van der Waals surface area contributed by atoms with Gasteiger partial charge in [0.05, 0.1) is 5.69 Å². The van der Waals surface area contributed by atoms with Crippen molar-refractivity contribution in [3.05, 3.63) is 22.7 Å². The molecule has 3 heteroatoms. The van der Waals surface area contributed by atoms with E-state index >= 15 is 0 Å². The highest BCUT2D eigenvalue weighted by Gasteiger charge is 2.08. The van der Waals surface area contributed by atoms with Crippen molar-refractivity contribution >= 4 is 27.8 Å².